The molecule has 1 aliphatic heterocycles. The fourth-order valence-electron chi connectivity index (χ4n) is 4.48. The highest BCUT2D eigenvalue weighted by atomic mass is 32.2. The SMILES string of the molecule is CC(C)(O)CCOc1ccc(Oc2cccc3c2CC[C@H]3Oc2ccc(C3CC(=O)NS3=O)cc2)cn1. The molecule has 3 atom stereocenters. The Morgan fingerprint density at radius 1 is 1.11 bits per heavy atom. The van der Waals surface area contributed by atoms with Gasteiger partial charge in [0.2, 0.25) is 11.8 Å². The number of aromatic nitrogens is 1. The van der Waals surface area contributed by atoms with Crippen molar-refractivity contribution in [2.75, 3.05) is 6.61 Å². The van der Waals surface area contributed by atoms with E-state index in [2.05, 4.69) is 15.8 Å². The molecule has 0 radical (unpaired) electrons. The molecule has 1 aromatic heterocycles. The first-order chi connectivity index (χ1) is 17.7. The molecular formula is C28H30N2O6S. The number of amides is 1. The van der Waals surface area contributed by atoms with Crippen LogP contribution < -0.4 is 18.9 Å². The van der Waals surface area contributed by atoms with Gasteiger partial charge in [0, 0.05) is 24.5 Å². The van der Waals surface area contributed by atoms with Gasteiger partial charge in [0.05, 0.1) is 23.7 Å². The Hall–Kier alpha value is -3.43. The summed E-state index contributed by atoms with van der Waals surface area (Å²) in [5, 5.41) is 9.48. The summed E-state index contributed by atoms with van der Waals surface area (Å²) < 4.78 is 32.6. The summed E-state index contributed by atoms with van der Waals surface area (Å²) >= 11 is 0. The van der Waals surface area contributed by atoms with Gasteiger partial charge in [-0.2, -0.15) is 0 Å². The number of pyridine rings is 1. The molecule has 2 aromatic carbocycles. The molecule has 1 fully saturated rings. The standard InChI is InChI=1S/C28H30N2O6S/c1-28(2,32)14-15-34-27-13-10-20(17-29-27)36-23-5-3-4-21-22(23)11-12-24(21)35-19-8-6-18(7-9-19)25-16-26(31)30-37(25)33/h3-10,13,17,24-25,32H,11-12,14-16H2,1-2H3,(H,30,31)/t24-,25?,37?/m1/s1. The van der Waals surface area contributed by atoms with Crippen LogP contribution in [-0.4, -0.2) is 32.4 Å². The summed E-state index contributed by atoms with van der Waals surface area (Å²) in [6.45, 7) is 3.87. The number of nitrogens with one attached hydrogen (secondary N) is 1. The zero-order chi connectivity index (χ0) is 26.0. The first-order valence-electron chi connectivity index (χ1n) is 12.3. The van der Waals surface area contributed by atoms with Crippen molar-refractivity contribution in [1.29, 1.82) is 0 Å². The summed E-state index contributed by atoms with van der Waals surface area (Å²) in [5.41, 5.74) is 2.28. The zero-order valence-electron chi connectivity index (χ0n) is 20.8. The van der Waals surface area contributed by atoms with Gasteiger partial charge >= 0.3 is 0 Å². The average molecular weight is 523 g/mol. The third kappa shape index (κ3) is 6.11. The van der Waals surface area contributed by atoms with Crippen LogP contribution in [0.4, 0.5) is 0 Å². The maximum absolute atomic E-state index is 12.1. The van der Waals surface area contributed by atoms with Crippen molar-refractivity contribution in [2.45, 2.75) is 56.5 Å². The lowest BCUT2D eigenvalue weighted by molar-refractivity contribution is -0.118. The van der Waals surface area contributed by atoms with Gasteiger partial charge in [-0.25, -0.2) is 9.19 Å². The topological polar surface area (TPSA) is 107 Å². The highest BCUT2D eigenvalue weighted by Gasteiger charge is 2.31. The summed E-state index contributed by atoms with van der Waals surface area (Å²) in [6, 6.07) is 17.0. The second kappa shape index (κ2) is 10.5. The highest BCUT2D eigenvalue weighted by molar-refractivity contribution is 7.84. The van der Waals surface area contributed by atoms with Crippen LogP contribution in [0.2, 0.25) is 0 Å². The number of aliphatic hydroxyl groups is 1. The van der Waals surface area contributed by atoms with Gasteiger partial charge in [-0.05, 0) is 62.1 Å². The van der Waals surface area contributed by atoms with E-state index in [-0.39, 0.29) is 23.7 Å². The molecule has 5 rings (SSSR count). The van der Waals surface area contributed by atoms with Gasteiger partial charge in [0.25, 0.3) is 0 Å². The number of ether oxygens (including phenoxy) is 3. The molecular weight excluding hydrogens is 492 g/mol. The predicted octanol–water partition coefficient (Wildman–Crippen LogP) is 4.70. The van der Waals surface area contributed by atoms with Crippen LogP contribution in [0.5, 0.6) is 23.1 Å². The van der Waals surface area contributed by atoms with Gasteiger partial charge < -0.3 is 19.3 Å². The molecule has 8 nitrogen and oxygen atoms in total. The predicted molar refractivity (Wildman–Crippen MR) is 139 cm³/mol. The van der Waals surface area contributed by atoms with Crippen LogP contribution in [-0.2, 0) is 22.2 Å². The van der Waals surface area contributed by atoms with Crippen LogP contribution in [0.1, 0.15) is 61.2 Å². The number of hydrogen-bond acceptors (Lipinski definition) is 7. The van der Waals surface area contributed by atoms with E-state index in [1.165, 1.54) is 0 Å². The second-order valence-electron chi connectivity index (χ2n) is 9.90. The van der Waals surface area contributed by atoms with Crippen molar-refractivity contribution in [3.05, 3.63) is 77.5 Å². The highest BCUT2D eigenvalue weighted by Crippen LogP contribution is 2.41. The van der Waals surface area contributed by atoms with Crippen LogP contribution in [0.25, 0.3) is 0 Å². The Morgan fingerprint density at radius 3 is 2.57 bits per heavy atom. The van der Waals surface area contributed by atoms with E-state index in [9.17, 15) is 14.1 Å². The molecule has 2 unspecified atom stereocenters. The average Bonchev–Trinajstić information content (AvgIpc) is 3.42. The van der Waals surface area contributed by atoms with Crippen molar-refractivity contribution in [2.24, 2.45) is 0 Å². The Morgan fingerprint density at radius 2 is 1.89 bits per heavy atom. The molecule has 3 aromatic rings. The van der Waals surface area contributed by atoms with Gasteiger partial charge in [-0.1, -0.05) is 24.3 Å². The van der Waals surface area contributed by atoms with E-state index in [0.29, 0.717) is 24.7 Å². The molecule has 37 heavy (non-hydrogen) atoms. The largest absolute Gasteiger partial charge is 0.486 e. The Labute approximate surface area is 218 Å². The minimum absolute atomic E-state index is 0.0991. The van der Waals surface area contributed by atoms with Crippen LogP contribution >= 0.6 is 0 Å². The molecule has 1 saturated heterocycles. The normalized spacial score (nSPS) is 20.8. The maximum Gasteiger partial charge on any atom is 0.233 e. The molecule has 2 N–H and O–H groups in total. The third-order valence-electron chi connectivity index (χ3n) is 6.45. The van der Waals surface area contributed by atoms with Crippen molar-refractivity contribution < 1.29 is 28.3 Å². The lowest BCUT2D eigenvalue weighted by atomic mass is 10.1. The number of benzene rings is 2. The quantitative estimate of drug-likeness (QED) is 0.419. The summed E-state index contributed by atoms with van der Waals surface area (Å²) in [4.78, 5) is 15.8. The number of nitrogens with zero attached hydrogens (tertiary/aromatic N) is 1. The Balaban J connectivity index is 1.22. The molecule has 9 heteroatoms. The lowest BCUT2D eigenvalue weighted by Gasteiger charge is -2.17. The monoisotopic (exact) mass is 522 g/mol. The van der Waals surface area contributed by atoms with Crippen molar-refractivity contribution in [3.8, 4) is 23.1 Å². The van der Waals surface area contributed by atoms with Crippen molar-refractivity contribution in [1.82, 2.24) is 9.71 Å². The van der Waals surface area contributed by atoms with Crippen molar-refractivity contribution >= 4 is 16.9 Å². The van der Waals surface area contributed by atoms with E-state index < -0.39 is 16.6 Å². The number of hydrogen-bond donors (Lipinski definition) is 2. The van der Waals surface area contributed by atoms with E-state index in [4.69, 9.17) is 14.2 Å². The smallest absolute Gasteiger partial charge is 0.233 e. The van der Waals surface area contributed by atoms with E-state index in [0.717, 1.165) is 41.0 Å². The number of fused-ring (bicyclic) bond motifs is 1. The van der Waals surface area contributed by atoms with E-state index in [1.54, 1.807) is 26.1 Å². The van der Waals surface area contributed by atoms with E-state index >= 15 is 0 Å². The minimum atomic E-state index is -1.38. The first-order valence-corrected chi connectivity index (χ1v) is 13.5. The third-order valence-corrected chi connectivity index (χ3v) is 7.83. The van der Waals surface area contributed by atoms with Gasteiger partial charge in [-0.15, -0.1) is 0 Å². The first kappa shape index (κ1) is 25.2. The van der Waals surface area contributed by atoms with E-state index in [1.807, 2.05) is 42.5 Å². The van der Waals surface area contributed by atoms with Gasteiger partial charge in [0.15, 0.2) is 0 Å². The summed E-state index contributed by atoms with van der Waals surface area (Å²) in [7, 11) is -1.38. The zero-order valence-corrected chi connectivity index (χ0v) is 21.6. The van der Waals surface area contributed by atoms with Crippen molar-refractivity contribution in [3.63, 3.8) is 0 Å². The van der Waals surface area contributed by atoms with Crippen LogP contribution in [0, 0.1) is 0 Å². The Bertz CT molecular complexity index is 1290. The number of rotatable bonds is 9. The maximum atomic E-state index is 12.1. The molecule has 0 bridgehead atoms. The molecule has 2 heterocycles. The fraction of sp³-hybridized carbons (Fsp3) is 0.357. The molecule has 2 aliphatic rings. The fourth-order valence-corrected chi connectivity index (χ4v) is 5.64. The molecule has 1 amide bonds. The molecule has 0 saturated carbocycles. The minimum Gasteiger partial charge on any atom is -0.486 e. The molecule has 1 aliphatic carbocycles. The Kier molecular flexibility index (Phi) is 7.17. The number of carbonyl (C=O) groups is 1. The summed E-state index contributed by atoms with van der Waals surface area (Å²) in [5.74, 6) is 2.40. The van der Waals surface area contributed by atoms with Gasteiger partial charge in [0.1, 0.15) is 34.3 Å². The lowest BCUT2D eigenvalue weighted by Crippen LogP contribution is -2.21. The van der Waals surface area contributed by atoms with Gasteiger partial charge in [-0.3, -0.25) is 9.52 Å². The number of carbonyl (C=O) groups excluding carboxylic acids is 1. The molecule has 0 spiro atoms. The molecule has 194 valence electrons. The second-order valence-corrected chi connectivity index (χ2v) is 11.3. The van der Waals surface area contributed by atoms with Crippen LogP contribution in [0.3, 0.4) is 0 Å². The summed E-state index contributed by atoms with van der Waals surface area (Å²) in [6.07, 6.45) is 3.93. The van der Waals surface area contributed by atoms with Crippen LogP contribution in [0.15, 0.2) is 60.8 Å².